The largest absolute Gasteiger partial charge is 0.477 e. The average Bonchev–Trinajstić information content (AvgIpc) is 2.47. The summed E-state index contributed by atoms with van der Waals surface area (Å²) < 4.78 is 0. The van der Waals surface area contributed by atoms with Crippen LogP contribution in [0.15, 0.2) is 42.5 Å². The molecule has 2 N–H and O–H groups in total. The Morgan fingerprint density at radius 1 is 1.10 bits per heavy atom. The van der Waals surface area contributed by atoms with Crippen LogP contribution in [-0.4, -0.2) is 22.0 Å². The van der Waals surface area contributed by atoms with Crippen molar-refractivity contribution in [2.24, 2.45) is 0 Å². The molecule has 0 aliphatic carbocycles. The van der Waals surface area contributed by atoms with Crippen LogP contribution in [0.1, 0.15) is 45.1 Å². The molecule has 0 bridgehead atoms. The van der Waals surface area contributed by atoms with Crippen molar-refractivity contribution in [1.29, 1.82) is 0 Å². The van der Waals surface area contributed by atoms with Gasteiger partial charge in [-0.1, -0.05) is 30.3 Å². The Morgan fingerprint density at radius 2 is 1.76 bits per heavy atom. The number of nitrogens with zero attached hydrogens (tertiary/aromatic N) is 1. The van der Waals surface area contributed by atoms with Crippen molar-refractivity contribution in [2.45, 2.75) is 19.9 Å². The van der Waals surface area contributed by atoms with E-state index in [2.05, 4.69) is 10.3 Å². The van der Waals surface area contributed by atoms with Crippen molar-refractivity contribution in [2.75, 3.05) is 0 Å². The number of aromatic carboxylic acids is 1. The Hall–Kier alpha value is -2.69. The number of amides is 1. The molecule has 0 spiro atoms. The van der Waals surface area contributed by atoms with Gasteiger partial charge in [0.1, 0.15) is 11.4 Å². The van der Waals surface area contributed by atoms with Gasteiger partial charge in [0.15, 0.2) is 0 Å². The zero-order valence-corrected chi connectivity index (χ0v) is 11.8. The molecule has 0 aliphatic rings. The number of carbonyl (C=O) groups is 2. The first-order chi connectivity index (χ1) is 9.99. The molecular weight excluding hydrogens is 268 g/mol. The van der Waals surface area contributed by atoms with E-state index in [0.717, 1.165) is 11.1 Å². The Morgan fingerprint density at radius 3 is 2.43 bits per heavy atom. The van der Waals surface area contributed by atoms with Gasteiger partial charge < -0.3 is 10.4 Å². The standard InChI is InChI=1S/C16H16N2O3/c1-10-6-3-4-7-12(10)11(2)17-15(19)13-8-5-9-14(18-13)16(20)21/h3-9,11H,1-2H3,(H,17,19)(H,20,21). The van der Waals surface area contributed by atoms with Crippen molar-refractivity contribution < 1.29 is 14.7 Å². The minimum atomic E-state index is -1.16. The summed E-state index contributed by atoms with van der Waals surface area (Å²) in [6.07, 6.45) is 0. The SMILES string of the molecule is Cc1ccccc1C(C)NC(=O)c1cccc(C(=O)O)n1. The zero-order valence-electron chi connectivity index (χ0n) is 11.8. The molecule has 1 aromatic heterocycles. The van der Waals surface area contributed by atoms with E-state index in [1.165, 1.54) is 18.2 Å². The maximum atomic E-state index is 12.1. The van der Waals surface area contributed by atoms with Crippen LogP contribution in [-0.2, 0) is 0 Å². The lowest BCUT2D eigenvalue weighted by Gasteiger charge is -2.16. The van der Waals surface area contributed by atoms with Crippen molar-refractivity contribution in [3.8, 4) is 0 Å². The Kier molecular flexibility index (Phi) is 4.33. The molecule has 0 saturated carbocycles. The molecule has 1 aromatic carbocycles. The molecule has 1 heterocycles. The topological polar surface area (TPSA) is 79.3 Å². The summed E-state index contributed by atoms with van der Waals surface area (Å²) in [7, 11) is 0. The van der Waals surface area contributed by atoms with Gasteiger partial charge in [0.2, 0.25) is 0 Å². The Labute approximate surface area is 122 Å². The van der Waals surface area contributed by atoms with E-state index in [1.807, 2.05) is 38.1 Å². The smallest absolute Gasteiger partial charge is 0.354 e. The highest BCUT2D eigenvalue weighted by molar-refractivity contribution is 5.94. The number of carbonyl (C=O) groups excluding carboxylic acids is 1. The number of carboxylic acids is 1. The van der Waals surface area contributed by atoms with Crippen LogP contribution in [0, 0.1) is 6.92 Å². The van der Waals surface area contributed by atoms with E-state index in [-0.39, 0.29) is 17.4 Å². The number of rotatable bonds is 4. The third-order valence-corrected chi connectivity index (χ3v) is 3.20. The summed E-state index contributed by atoms with van der Waals surface area (Å²) in [6, 6.07) is 11.9. The van der Waals surface area contributed by atoms with E-state index in [9.17, 15) is 9.59 Å². The maximum Gasteiger partial charge on any atom is 0.354 e. The number of carboxylic acid groups (broad SMARTS) is 1. The Balaban J connectivity index is 2.16. The van der Waals surface area contributed by atoms with Gasteiger partial charge >= 0.3 is 5.97 Å². The molecular formula is C16H16N2O3. The van der Waals surface area contributed by atoms with Crippen molar-refractivity contribution in [1.82, 2.24) is 10.3 Å². The van der Waals surface area contributed by atoms with Gasteiger partial charge in [-0.3, -0.25) is 4.79 Å². The number of aromatic nitrogens is 1. The highest BCUT2D eigenvalue weighted by Crippen LogP contribution is 2.17. The first kappa shape index (κ1) is 14.7. The molecule has 1 amide bonds. The third kappa shape index (κ3) is 3.45. The number of aryl methyl sites for hydroxylation is 1. The van der Waals surface area contributed by atoms with E-state index < -0.39 is 11.9 Å². The van der Waals surface area contributed by atoms with Gasteiger partial charge in [0, 0.05) is 0 Å². The average molecular weight is 284 g/mol. The van der Waals surface area contributed by atoms with E-state index in [4.69, 9.17) is 5.11 Å². The highest BCUT2D eigenvalue weighted by atomic mass is 16.4. The molecule has 5 heteroatoms. The summed E-state index contributed by atoms with van der Waals surface area (Å²) in [6.45, 7) is 3.85. The molecule has 1 unspecified atom stereocenters. The van der Waals surface area contributed by atoms with Crippen LogP contribution < -0.4 is 5.32 Å². The summed E-state index contributed by atoms with van der Waals surface area (Å²) in [5.41, 5.74) is 2.04. The van der Waals surface area contributed by atoms with Crippen LogP contribution in [0.25, 0.3) is 0 Å². The fourth-order valence-electron chi connectivity index (χ4n) is 2.10. The zero-order chi connectivity index (χ0) is 15.4. The molecule has 0 fully saturated rings. The number of pyridine rings is 1. The summed E-state index contributed by atoms with van der Waals surface area (Å²) in [5, 5.41) is 11.7. The highest BCUT2D eigenvalue weighted by Gasteiger charge is 2.15. The minimum Gasteiger partial charge on any atom is -0.477 e. The van der Waals surface area contributed by atoms with Gasteiger partial charge in [-0.05, 0) is 37.1 Å². The second-order valence-electron chi connectivity index (χ2n) is 4.76. The van der Waals surface area contributed by atoms with Gasteiger partial charge in [-0.25, -0.2) is 9.78 Å². The molecule has 5 nitrogen and oxygen atoms in total. The molecule has 2 aromatic rings. The van der Waals surface area contributed by atoms with Crippen LogP contribution in [0.3, 0.4) is 0 Å². The second kappa shape index (κ2) is 6.17. The number of hydrogen-bond acceptors (Lipinski definition) is 3. The quantitative estimate of drug-likeness (QED) is 0.904. The number of benzene rings is 1. The van der Waals surface area contributed by atoms with Gasteiger partial charge in [-0.2, -0.15) is 0 Å². The molecule has 2 rings (SSSR count). The number of nitrogens with one attached hydrogen (secondary N) is 1. The predicted octanol–water partition coefficient (Wildman–Crippen LogP) is 2.58. The summed E-state index contributed by atoms with van der Waals surface area (Å²) >= 11 is 0. The molecule has 21 heavy (non-hydrogen) atoms. The Bertz CT molecular complexity index is 683. The molecule has 0 aliphatic heterocycles. The van der Waals surface area contributed by atoms with Crippen LogP contribution in [0.5, 0.6) is 0 Å². The molecule has 0 radical (unpaired) electrons. The van der Waals surface area contributed by atoms with Crippen molar-refractivity contribution >= 4 is 11.9 Å². The lowest BCUT2D eigenvalue weighted by molar-refractivity contribution is 0.0690. The molecule has 1 atom stereocenters. The van der Waals surface area contributed by atoms with E-state index in [1.54, 1.807) is 0 Å². The van der Waals surface area contributed by atoms with Gasteiger partial charge in [0.05, 0.1) is 6.04 Å². The summed E-state index contributed by atoms with van der Waals surface area (Å²) in [4.78, 5) is 26.8. The van der Waals surface area contributed by atoms with Gasteiger partial charge in [-0.15, -0.1) is 0 Å². The summed E-state index contributed by atoms with van der Waals surface area (Å²) in [5.74, 6) is -1.55. The molecule has 108 valence electrons. The molecule has 0 saturated heterocycles. The second-order valence-corrected chi connectivity index (χ2v) is 4.76. The predicted molar refractivity (Wildman–Crippen MR) is 78.3 cm³/mol. The lowest BCUT2D eigenvalue weighted by Crippen LogP contribution is -2.28. The fraction of sp³-hybridized carbons (Fsp3) is 0.188. The van der Waals surface area contributed by atoms with Crippen molar-refractivity contribution in [3.63, 3.8) is 0 Å². The minimum absolute atomic E-state index is 0.0929. The van der Waals surface area contributed by atoms with Crippen LogP contribution >= 0.6 is 0 Å². The lowest BCUT2D eigenvalue weighted by atomic mass is 10.0. The first-order valence-corrected chi connectivity index (χ1v) is 6.56. The van der Waals surface area contributed by atoms with E-state index >= 15 is 0 Å². The fourth-order valence-corrected chi connectivity index (χ4v) is 2.10. The third-order valence-electron chi connectivity index (χ3n) is 3.20. The van der Waals surface area contributed by atoms with Gasteiger partial charge in [0.25, 0.3) is 5.91 Å². The first-order valence-electron chi connectivity index (χ1n) is 6.56. The van der Waals surface area contributed by atoms with Crippen molar-refractivity contribution in [3.05, 3.63) is 65.0 Å². The number of hydrogen-bond donors (Lipinski definition) is 2. The van der Waals surface area contributed by atoms with E-state index in [0.29, 0.717) is 0 Å². The maximum absolute atomic E-state index is 12.1. The monoisotopic (exact) mass is 284 g/mol. The van der Waals surface area contributed by atoms with Crippen LogP contribution in [0.4, 0.5) is 0 Å². The normalized spacial score (nSPS) is 11.7. The van der Waals surface area contributed by atoms with Crippen LogP contribution in [0.2, 0.25) is 0 Å².